The third-order valence-electron chi connectivity index (χ3n) is 2.61. The smallest absolute Gasteiger partial charge is 0.223 e. The van der Waals surface area contributed by atoms with Gasteiger partial charge in [-0.2, -0.15) is 0 Å². The minimum atomic E-state index is 0.667. The molecule has 0 aromatic carbocycles. The Hall–Kier alpha value is -1.64. The molecule has 0 aliphatic rings. The molecule has 1 aromatic rings. The number of aromatic nitrogens is 2. The van der Waals surface area contributed by atoms with E-state index >= 15 is 0 Å². The molecule has 3 heteroatoms. The van der Waals surface area contributed by atoms with Gasteiger partial charge in [0.15, 0.2) is 0 Å². The van der Waals surface area contributed by atoms with Crippen LogP contribution in [0.4, 0.5) is 5.95 Å². The van der Waals surface area contributed by atoms with Crippen molar-refractivity contribution in [2.24, 2.45) is 0 Å². The highest BCUT2D eigenvalue weighted by molar-refractivity contribution is 5.55. The molecule has 0 saturated heterocycles. The lowest BCUT2D eigenvalue weighted by atomic mass is 10.1. The van der Waals surface area contributed by atoms with Gasteiger partial charge < -0.3 is 5.32 Å². The molecule has 0 aliphatic carbocycles. The van der Waals surface area contributed by atoms with E-state index in [4.69, 9.17) is 0 Å². The zero-order valence-electron chi connectivity index (χ0n) is 10.6. The summed E-state index contributed by atoms with van der Waals surface area (Å²) in [6.45, 7) is 8.13. The second kappa shape index (κ2) is 5.45. The van der Waals surface area contributed by atoms with E-state index in [-0.39, 0.29) is 0 Å². The highest BCUT2D eigenvalue weighted by Crippen LogP contribution is 2.14. The topological polar surface area (TPSA) is 37.8 Å². The number of hydrogen-bond acceptors (Lipinski definition) is 3. The minimum Gasteiger partial charge on any atom is -0.357 e. The Morgan fingerprint density at radius 3 is 2.50 bits per heavy atom. The molecular weight excluding hydrogens is 198 g/mol. The molecule has 1 aromatic heterocycles. The van der Waals surface area contributed by atoms with Crippen molar-refractivity contribution in [1.82, 2.24) is 9.97 Å². The van der Waals surface area contributed by atoms with Gasteiger partial charge in [-0.05, 0) is 39.3 Å². The van der Waals surface area contributed by atoms with Crippen molar-refractivity contribution in [2.75, 3.05) is 12.4 Å². The molecule has 1 N–H and O–H groups in total. The average Bonchev–Trinajstić information content (AvgIpc) is 2.30. The third kappa shape index (κ3) is 2.92. The molecule has 0 atom stereocenters. The Balaban J connectivity index is 3.12. The number of nitrogens with zero attached hydrogens (tertiary/aromatic N) is 2. The van der Waals surface area contributed by atoms with Crippen molar-refractivity contribution in [2.45, 2.75) is 27.7 Å². The Labute approximate surface area is 97.3 Å². The van der Waals surface area contributed by atoms with Gasteiger partial charge in [-0.15, -0.1) is 0 Å². The van der Waals surface area contributed by atoms with Crippen molar-refractivity contribution in [3.8, 4) is 0 Å². The van der Waals surface area contributed by atoms with Crippen LogP contribution in [0.3, 0.4) is 0 Å². The molecule has 3 nitrogen and oxygen atoms in total. The van der Waals surface area contributed by atoms with Crippen LogP contribution in [-0.2, 0) is 0 Å². The summed E-state index contributed by atoms with van der Waals surface area (Å²) >= 11 is 0. The number of allylic oxidation sites excluding steroid dienone is 3. The van der Waals surface area contributed by atoms with Gasteiger partial charge in [0, 0.05) is 12.7 Å². The van der Waals surface area contributed by atoms with E-state index in [9.17, 15) is 0 Å². The quantitative estimate of drug-likeness (QED) is 0.790. The van der Waals surface area contributed by atoms with Crippen molar-refractivity contribution >= 4 is 12.0 Å². The lowest BCUT2D eigenvalue weighted by Gasteiger charge is -2.06. The summed E-state index contributed by atoms with van der Waals surface area (Å²) in [6.07, 6.45) is 6.16. The van der Waals surface area contributed by atoms with Crippen LogP contribution in [0.25, 0.3) is 6.08 Å². The molecule has 0 spiro atoms. The Morgan fingerprint density at radius 1 is 1.25 bits per heavy atom. The van der Waals surface area contributed by atoms with Crippen molar-refractivity contribution < 1.29 is 0 Å². The van der Waals surface area contributed by atoms with Gasteiger partial charge in [0.25, 0.3) is 0 Å². The monoisotopic (exact) mass is 217 g/mol. The van der Waals surface area contributed by atoms with Gasteiger partial charge in [0.2, 0.25) is 5.95 Å². The summed E-state index contributed by atoms with van der Waals surface area (Å²) < 4.78 is 0. The number of hydrogen-bond donors (Lipinski definition) is 1. The zero-order chi connectivity index (χ0) is 12.1. The van der Waals surface area contributed by atoms with Crippen LogP contribution < -0.4 is 5.32 Å². The van der Waals surface area contributed by atoms with Gasteiger partial charge >= 0.3 is 0 Å². The third-order valence-corrected chi connectivity index (χ3v) is 2.61. The lowest BCUT2D eigenvalue weighted by molar-refractivity contribution is 1.05. The van der Waals surface area contributed by atoms with Gasteiger partial charge in [-0.1, -0.05) is 17.7 Å². The summed E-state index contributed by atoms with van der Waals surface area (Å²) in [7, 11) is 1.83. The highest BCUT2D eigenvalue weighted by atomic mass is 15.1. The Kier molecular flexibility index (Phi) is 4.23. The van der Waals surface area contributed by atoms with E-state index in [0.717, 1.165) is 17.0 Å². The largest absolute Gasteiger partial charge is 0.357 e. The number of nitrogens with one attached hydrogen (secondary N) is 1. The first kappa shape index (κ1) is 12.4. The lowest BCUT2D eigenvalue weighted by Crippen LogP contribution is -2.02. The number of rotatable bonds is 3. The summed E-state index contributed by atoms with van der Waals surface area (Å²) in [5.74, 6) is 0.667. The molecule has 0 aliphatic heterocycles. The highest BCUT2D eigenvalue weighted by Gasteiger charge is 2.03. The van der Waals surface area contributed by atoms with Gasteiger partial charge in [0.1, 0.15) is 0 Å². The molecule has 1 heterocycles. The molecule has 1 rings (SSSR count). The minimum absolute atomic E-state index is 0.667. The van der Waals surface area contributed by atoms with E-state index in [1.807, 2.05) is 33.9 Å². The van der Waals surface area contributed by atoms with Crippen molar-refractivity contribution in [1.29, 1.82) is 0 Å². The summed E-state index contributed by atoms with van der Waals surface area (Å²) in [5, 5.41) is 2.97. The second-order valence-electron chi connectivity index (χ2n) is 3.76. The normalized spacial score (nSPS) is 12.2. The molecular formula is C13H19N3. The van der Waals surface area contributed by atoms with Gasteiger partial charge in [-0.3, -0.25) is 0 Å². The van der Waals surface area contributed by atoms with Crippen LogP contribution in [0.2, 0.25) is 0 Å². The van der Waals surface area contributed by atoms with E-state index in [2.05, 4.69) is 34.4 Å². The Morgan fingerprint density at radius 2 is 1.94 bits per heavy atom. The number of anilines is 1. The van der Waals surface area contributed by atoms with E-state index < -0.39 is 0 Å². The second-order valence-corrected chi connectivity index (χ2v) is 3.76. The summed E-state index contributed by atoms with van der Waals surface area (Å²) in [5.41, 5.74) is 4.33. The Bertz CT molecular complexity index is 431. The van der Waals surface area contributed by atoms with E-state index in [0.29, 0.717) is 5.95 Å². The zero-order valence-corrected chi connectivity index (χ0v) is 10.6. The maximum absolute atomic E-state index is 4.42. The van der Waals surface area contributed by atoms with Crippen LogP contribution in [0, 0.1) is 13.8 Å². The van der Waals surface area contributed by atoms with Crippen molar-refractivity contribution in [3.63, 3.8) is 0 Å². The van der Waals surface area contributed by atoms with Crippen molar-refractivity contribution in [3.05, 3.63) is 34.7 Å². The molecule has 0 unspecified atom stereocenters. The molecule has 0 radical (unpaired) electrons. The maximum Gasteiger partial charge on any atom is 0.223 e. The van der Waals surface area contributed by atoms with Gasteiger partial charge in [0.05, 0.1) is 5.69 Å². The molecule has 0 bridgehead atoms. The molecule has 0 fully saturated rings. The molecule has 86 valence electrons. The van der Waals surface area contributed by atoms with Crippen LogP contribution in [0.5, 0.6) is 0 Å². The first-order chi connectivity index (χ1) is 7.58. The average molecular weight is 217 g/mol. The van der Waals surface area contributed by atoms with Crippen LogP contribution in [-0.4, -0.2) is 17.0 Å². The molecule has 0 saturated carbocycles. The fourth-order valence-electron chi connectivity index (χ4n) is 1.23. The number of aryl methyl sites for hydroxylation is 1. The summed E-state index contributed by atoms with van der Waals surface area (Å²) in [4.78, 5) is 8.75. The van der Waals surface area contributed by atoms with Crippen LogP contribution in [0.15, 0.2) is 17.7 Å². The van der Waals surface area contributed by atoms with E-state index in [1.165, 1.54) is 5.57 Å². The fraction of sp³-hybridized carbons (Fsp3) is 0.385. The van der Waals surface area contributed by atoms with Crippen LogP contribution >= 0.6 is 0 Å². The standard InChI is InChI=1S/C13H19N3/c1-6-9(2)7-8-12-10(3)11(4)15-13(14-5)16-12/h6-8H,1-5H3,(H,14,15,16)/b8-7-,9-6-. The van der Waals surface area contributed by atoms with Gasteiger partial charge in [-0.25, -0.2) is 9.97 Å². The first-order valence-electron chi connectivity index (χ1n) is 5.42. The fourth-order valence-corrected chi connectivity index (χ4v) is 1.23. The predicted molar refractivity (Wildman–Crippen MR) is 69.5 cm³/mol. The van der Waals surface area contributed by atoms with E-state index in [1.54, 1.807) is 0 Å². The SMILES string of the molecule is C/C=C(C)\C=C/c1nc(NC)nc(C)c1C. The maximum atomic E-state index is 4.42. The molecule has 0 amide bonds. The van der Waals surface area contributed by atoms with Crippen LogP contribution in [0.1, 0.15) is 30.8 Å². The summed E-state index contributed by atoms with van der Waals surface area (Å²) in [6, 6.07) is 0. The predicted octanol–water partition coefficient (Wildman–Crippen LogP) is 3.11. The molecule has 16 heavy (non-hydrogen) atoms. The first-order valence-corrected chi connectivity index (χ1v) is 5.42.